The van der Waals surface area contributed by atoms with Gasteiger partial charge in [0.1, 0.15) is 0 Å². The van der Waals surface area contributed by atoms with Gasteiger partial charge in [-0.25, -0.2) is 8.42 Å². The highest BCUT2D eigenvalue weighted by atomic mass is 32.2. The first-order chi connectivity index (χ1) is 8.04. The van der Waals surface area contributed by atoms with E-state index in [9.17, 15) is 8.42 Å². The lowest BCUT2D eigenvalue weighted by molar-refractivity contribution is -0.0410. The number of nitrogens with zero attached hydrogens (tertiary/aromatic N) is 1. The van der Waals surface area contributed by atoms with Crippen molar-refractivity contribution in [3.05, 3.63) is 0 Å². The molecule has 0 bridgehead atoms. The predicted molar refractivity (Wildman–Crippen MR) is 63.1 cm³/mol. The van der Waals surface area contributed by atoms with Gasteiger partial charge in [-0.2, -0.15) is 4.31 Å². The van der Waals surface area contributed by atoms with E-state index in [1.54, 1.807) is 7.11 Å². The second-order valence-corrected chi connectivity index (χ2v) is 6.92. The molecular weight excluding hydrogens is 244 g/mol. The summed E-state index contributed by atoms with van der Waals surface area (Å²) in [5.74, 6) is 0. The summed E-state index contributed by atoms with van der Waals surface area (Å²) in [6.45, 7) is 1.69. The van der Waals surface area contributed by atoms with Gasteiger partial charge in [-0.15, -0.1) is 0 Å². The van der Waals surface area contributed by atoms with Crippen LogP contribution in [0.25, 0.3) is 0 Å². The first-order valence-corrected chi connectivity index (χ1v) is 7.39. The highest BCUT2D eigenvalue weighted by molar-refractivity contribution is 7.89. The van der Waals surface area contributed by atoms with E-state index in [0.29, 0.717) is 39.1 Å². The molecule has 2 N–H and O–H groups in total. The van der Waals surface area contributed by atoms with Crippen molar-refractivity contribution in [1.29, 1.82) is 0 Å². The van der Waals surface area contributed by atoms with Crippen molar-refractivity contribution < 1.29 is 17.9 Å². The Hall–Kier alpha value is -0.210. The monoisotopic (exact) mass is 264 g/mol. The third-order valence-corrected chi connectivity index (χ3v) is 5.65. The Morgan fingerprint density at radius 2 is 2.18 bits per heavy atom. The molecule has 2 fully saturated rings. The Labute approximate surface area is 102 Å². The van der Waals surface area contributed by atoms with Crippen LogP contribution in [-0.4, -0.2) is 63.5 Å². The van der Waals surface area contributed by atoms with Gasteiger partial charge in [0, 0.05) is 26.2 Å². The molecule has 100 valence electrons. The Kier molecular flexibility index (Phi) is 4.04. The fourth-order valence-corrected chi connectivity index (χ4v) is 4.38. The van der Waals surface area contributed by atoms with Crippen LogP contribution in [0.3, 0.4) is 0 Å². The van der Waals surface area contributed by atoms with Gasteiger partial charge >= 0.3 is 0 Å². The van der Waals surface area contributed by atoms with Crippen molar-refractivity contribution in [2.24, 2.45) is 5.73 Å². The van der Waals surface area contributed by atoms with E-state index in [1.807, 2.05) is 0 Å². The highest BCUT2D eigenvalue weighted by Crippen LogP contribution is 2.28. The topological polar surface area (TPSA) is 81.9 Å². The molecule has 1 saturated carbocycles. The molecule has 17 heavy (non-hydrogen) atoms. The Morgan fingerprint density at radius 3 is 2.76 bits per heavy atom. The molecule has 0 radical (unpaired) electrons. The fraction of sp³-hybridized carbons (Fsp3) is 1.00. The van der Waals surface area contributed by atoms with Crippen LogP contribution < -0.4 is 5.73 Å². The van der Waals surface area contributed by atoms with Crippen LogP contribution >= 0.6 is 0 Å². The Balaban J connectivity index is 1.96. The second kappa shape index (κ2) is 5.19. The fourth-order valence-electron chi connectivity index (χ4n) is 2.27. The van der Waals surface area contributed by atoms with Crippen LogP contribution in [0.4, 0.5) is 0 Å². The van der Waals surface area contributed by atoms with E-state index in [2.05, 4.69) is 0 Å². The smallest absolute Gasteiger partial charge is 0.217 e. The number of morpholine rings is 1. The molecule has 1 aliphatic carbocycles. The molecule has 0 unspecified atom stereocenters. The molecule has 1 heterocycles. The number of sulfonamides is 1. The summed E-state index contributed by atoms with van der Waals surface area (Å²) in [6, 6.07) is 0.0468. The molecule has 2 rings (SSSR count). The summed E-state index contributed by atoms with van der Waals surface area (Å²) < 4.78 is 36.4. The van der Waals surface area contributed by atoms with Gasteiger partial charge in [-0.05, 0) is 12.8 Å². The number of rotatable bonds is 4. The van der Waals surface area contributed by atoms with Crippen LogP contribution in [0.15, 0.2) is 0 Å². The Morgan fingerprint density at radius 1 is 1.47 bits per heavy atom. The van der Waals surface area contributed by atoms with Crippen molar-refractivity contribution in [3.63, 3.8) is 0 Å². The summed E-state index contributed by atoms with van der Waals surface area (Å²) in [4.78, 5) is 0. The van der Waals surface area contributed by atoms with Crippen LogP contribution in [-0.2, 0) is 19.5 Å². The van der Waals surface area contributed by atoms with Gasteiger partial charge in [0.05, 0.1) is 24.6 Å². The molecule has 0 aromatic heterocycles. The van der Waals surface area contributed by atoms with Crippen LogP contribution in [0, 0.1) is 0 Å². The third-order valence-electron chi connectivity index (χ3n) is 3.37. The normalized spacial score (nSPS) is 35.5. The molecule has 0 aromatic rings. The lowest BCUT2D eigenvalue weighted by Gasteiger charge is -2.39. The van der Waals surface area contributed by atoms with Gasteiger partial charge in [0.15, 0.2) is 0 Å². The van der Waals surface area contributed by atoms with Crippen molar-refractivity contribution >= 4 is 10.0 Å². The van der Waals surface area contributed by atoms with Crippen LogP contribution in [0.2, 0.25) is 0 Å². The lowest BCUT2D eigenvalue weighted by Crippen LogP contribution is -2.54. The number of ether oxygens (including phenoxy) is 2. The highest BCUT2D eigenvalue weighted by Gasteiger charge is 2.41. The number of nitrogens with two attached hydrogens (primary N) is 1. The Bertz CT molecular complexity index is 351. The molecule has 2 aliphatic rings. The van der Waals surface area contributed by atoms with E-state index < -0.39 is 10.0 Å². The zero-order valence-electron chi connectivity index (χ0n) is 10.0. The van der Waals surface area contributed by atoms with Gasteiger partial charge in [-0.3, -0.25) is 0 Å². The zero-order valence-corrected chi connectivity index (χ0v) is 10.9. The maximum Gasteiger partial charge on any atom is 0.217 e. The summed E-state index contributed by atoms with van der Waals surface area (Å²) in [7, 11) is -1.61. The van der Waals surface area contributed by atoms with Gasteiger partial charge < -0.3 is 15.2 Å². The number of methoxy groups -OCH3 is 1. The van der Waals surface area contributed by atoms with Crippen LogP contribution in [0.1, 0.15) is 12.8 Å². The molecule has 7 heteroatoms. The van der Waals surface area contributed by atoms with Crippen molar-refractivity contribution in [2.45, 2.75) is 30.2 Å². The van der Waals surface area contributed by atoms with Crippen LogP contribution in [0.5, 0.6) is 0 Å². The van der Waals surface area contributed by atoms with Gasteiger partial charge in [0.25, 0.3) is 0 Å². The zero-order chi connectivity index (χ0) is 12.5. The minimum Gasteiger partial charge on any atom is -0.382 e. The lowest BCUT2D eigenvalue weighted by atomic mass is 9.94. The third kappa shape index (κ3) is 2.79. The van der Waals surface area contributed by atoms with Gasteiger partial charge in [0.2, 0.25) is 10.0 Å². The largest absolute Gasteiger partial charge is 0.382 e. The molecule has 1 aliphatic heterocycles. The molecular formula is C10H20N2O4S. The van der Waals surface area contributed by atoms with E-state index >= 15 is 0 Å². The predicted octanol–water partition coefficient (Wildman–Crippen LogP) is -0.847. The standard InChI is InChI=1S/C10H20N2O4S/c1-15-7-9-6-12(2-3-16-9)17(13,14)10-4-8(11)5-10/h8-10H,2-7,11H2,1H3/t8?,9-,10?/m1/s1. The van der Waals surface area contributed by atoms with E-state index in [-0.39, 0.29) is 17.4 Å². The van der Waals surface area contributed by atoms with Gasteiger partial charge in [-0.1, -0.05) is 0 Å². The van der Waals surface area contributed by atoms with Crippen molar-refractivity contribution in [1.82, 2.24) is 4.31 Å². The maximum absolute atomic E-state index is 12.2. The molecule has 0 spiro atoms. The summed E-state index contributed by atoms with van der Waals surface area (Å²) >= 11 is 0. The minimum atomic E-state index is -3.19. The van der Waals surface area contributed by atoms with Crippen molar-refractivity contribution in [2.75, 3.05) is 33.4 Å². The quantitative estimate of drug-likeness (QED) is 0.715. The average molecular weight is 264 g/mol. The second-order valence-electron chi connectivity index (χ2n) is 4.70. The average Bonchev–Trinajstić information content (AvgIpc) is 2.26. The summed E-state index contributed by atoms with van der Waals surface area (Å²) in [5.41, 5.74) is 5.64. The van der Waals surface area contributed by atoms with E-state index in [0.717, 1.165) is 0 Å². The van der Waals surface area contributed by atoms with E-state index in [4.69, 9.17) is 15.2 Å². The summed E-state index contributed by atoms with van der Waals surface area (Å²) in [5, 5.41) is -0.293. The minimum absolute atomic E-state index is 0.0468. The molecule has 1 saturated heterocycles. The molecule has 6 nitrogen and oxygen atoms in total. The van der Waals surface area contributed by atoms with Crippen molar-refractivity contribution in [3.8, 4) is 0 Å². The maximum atomic E-state index is 12.2. The number of hydrogen-bond acceptors (Lipinski definition) is 5. The first-order valence-electron chi connectivity index (χ1n) is 5.89. The molecule has 1 atom stereocenters. The first kappa shape index (κ1) is 13.2. The molecule has 0 aromatic carbocycles. The molecule has 0 amide bonds. The SMILES string of the molecule is COC[C@H]1CN(S(=O)(=O)C2CC(N)C2)CCO1. The van der Waals surface area contributed by atoms with E-state index in [1.165, 1.54) is 4.31 Å². The number of hydrogen-bond donors (Lipinski definition) is 1. The summed E-state index contributed by atoms with van der Waals surface area (Å²) in [6.07, 6.45) is 1.00.